The maximum Gasteiger partial charge on any atom is 0.416 e. The molecule has 6 heteroatoms. The highest BCUT2D eigenvalue weighted by molar-refractivity contribution is 7.86. The van der Waals surface area contributed by atoms with Gasteiger partial charge in [0.25, 0.3) is 0 Å². The van der Waals surface area contributed by atoms with Crippen molar-refractivity contribution in [3.63, 3.8) is 0 Å². The lowest BCUT2D eigenvalue weighted by molar-refractivity contribution is -0.137. The van der Waals surface area contributed by atoms with E-state index < -0.39 is 22.5 Å². The Morgan fingerprint density at radius 2 is 2.00 bits per heavy atom. The van der Waals surface area contributed by atoms with E-state index in [0.29, 0.717) is 12.0 Å². The summed E-state index contributed by atoms with van der Waals surface area (Å²) in [6, 6.07) is 5.20. The smallest absolute Gasteiger partial charge is 0.259 e. The second-order valence-electron chi connectivity index (χ2n) is 5.37. The van der Waals surface area contributed by atoms with Crippen LogP contribution in [-0.4, -0.2) is 14.7 Å². The van der Waals surface area contributed by atoms with E-state index in [1.54, 1.807) is 6.07 Å². The van der Waals surface area contributed by atoms with E-state index in [9.17, 15) is 17.4 Å². The molecule has 0 saturated carbocycles. The molecule has 110 valence electrons. The Morgan fingerprint density at radius 3 is 2.62 bits per heavy atom. The number of hydrogen-bond donors (Lipinski definition) is 0. The first-order valence-electron chi connectivity index (χ1n) is 6.61. The molecule has 3 unspecified atom stereocenters. The van der Waals surface area contributed by atoms with Crippen LogP contribution in [0.5, 0.6) is 0 Å². The van der Waals surface area contributed by atoms with E-state index in [1.807, 2.05) is 6.08 Å². The maximum absolute atomic E-state index is 12.9. The average molecular weight is 311 g/mol. The number of fused-ring (bicyclic) bond motifs is 2. The first-order valence-corrected chi connectivity index (χ1v) is 7.89. The van der Waals surface area contributed by atoms with Gasteiger partial charge in [-0.2, -0.15) is 18.4 Å². The number of alkyl halides is 3. The zero-order chi connectivity index (χ0) is 15.2. The van der Waals surface area contributed by atoms with Gasteiger partial charge < -0.3 is 0 Å². The predicted molar refractivity (Wildman–Crippen MR) is 73.7 cm³/mol. The molecule has 0 radical (unpaired) electrons. The Morgan fingerprint density at radius 1 is 1.24 bits per heavy atom. The Bertz CT molecular complexity index is 687. The van der Waals surface area contributed by atoms with E-state index in [-0.39, 0.29) is 16.1 Å². The third-order valence-corrected chi connectivity index (χ3v) is 6.02. The standard InChI is InChI=1S/C15H12F3NOS/c16-15(17,18)12-4-9(8-19)3-10(5-12)11-6-13-1-2-14(7-11)21(13)20/h3-6,13-14H,1-2,7H2. The zero-order valence-corrected chi connectivity index (χ0v) is 11.8. The quantitative estimate of drug-likeness (QED) is 0.794. The Balaban J connectivity index is 2.05. The number of allylic oxidation sites excluding steroid dienone is 1. The molecule has 1 saturated heterocycles. The van der Waals surface area contributed by atoms with Gasteiger partial charge in [0.15, 0.2) is 0 Å². The van der Waals surface area contributed by atoms with Gasteiger partial charge in [-0.25, -0.2) is 0 Å². The van der Waals surface area contributed by atoms with Crippen molar-refractivity contribution in [2.75, 3.05) is 0 Å². The van der Waals surface area contributed by atoms with Crippen LogP contribution in [0.15, 0.2) is 24.3 Å². The summed E-state index contributed by atoms with van der Waals surface area (Å²) < 4.78 is 50.7. The Kier molecular flexibility index (Phi) is 3.40. The monoisotopic (exact) mass is 311 g/mol. The van der Waals surface area contributed by atoms with Crippen LogP contribution < -0.4 is 0 Å². The van der Waals surface area contributed by atoms with Crippen molar-refractivity contribution in [3.8, 4) is 6.07 Å². The largest absolute Gasteiger partial charge is 0.416 e. The van der Waals surface area contributed by atoms with Crippen molar-refractivity contribution < 1.29 is 17.4 Å². The molecule has 2 aliphatic rings. The summed E-state index contributed by atoms with van der Waals surface area (Å²) in [6.07, 6.45) is -0.448. The Labute approximate surface area is 122 Å². The molecule has 3 rings (SSSR count). The topological polar surface area (TPSA) is 40.9 Å². The van der Waals surface area contributed by atoms with E-state index in [0.717, 1.165) is 30.5 Å². The molecular formula is C15H12F3NOS. The lowest BCUT2D eigenvalue weighted by atomic mass is 9.96. The molecule has 0 spiro atoms. The van der Waals surface area contributed by atoms with E-state index in [1.165, 1.54) is 6.07 Å². The summed E-state index contributed by atoms with van der Waals surface area (Å²) in [6.45, 7) is 0. The molecule has 1 aromatic carbocycles. The summed E-state index contributed by atoms with van der Waals surface area (Å²) in [5.41, 5.74) is 0.399. The molecule has 2 heterocycles. The minimum absolute atomic E-state index is 0.000215. The minimum atomic E-state index is -4.47. The van der Waals surface area contributed by atoms with Crippen molar-refractivity contribution >= 4 is 16.4 Å². The van der Waals surface area contributed by atoms with Gasteiger partial charge in [0, 0.05) is 16.0 Å². The number of nitriles is 1. The maximum atomic E-state index is 12.9. The molecule has 2 aliphatic heterocycles. The second-order valence-corrected chi connectivity index (χ2v) is 7.30. The highest BCUT2D eigenvalue weighted by atomic mass is 32.2. The summed E-state index contributed by atoms with van der Waals surface area (Å²) in [5.74, 6) is 0. The highest BCUT2D eigenvalue weighted by Gasteiger charge is 2.37. The number of hydrogen-bond acceptors (Lipinski definition) is 2. The third kappa shape index (κ3) is 2.62. The number of benzene rings is 1. The predicted octanol–water partition coefficient (Wildman–Crippen LogP) is 3.64. The molecule has 0 amide bonds. The van der Waals surface area contributed by atoms with Gasteiger partial charge in [0.05, 0.1) is 22.4 Å². The van der Waals surface area contributed by atoms with Gasteiger partial charge in [-0.15, -0.1) is 0 Å². The molecule has 0 aromatic heterocycles. The molecule has 1 aromatic rings. The molecule has 0 N–H and O–H groups in total. The molecule has 2 nitrogen and oxygen atoms in total. The van der Waals surface area contributed by atoms with Crippen LogP contribution in [-0.2, 0) is 17.0 Å². The van der Waals surface area contributed by atoms with Crippen LogP contribution in [0.4, 0.5) is 13.2 Å². The fraction of sp³-hybridized carbons (Fsp3) is 0.400. The Hall–Kier alpha value is -1.61. The van der Waals surface area contributed by atoms with Gasteiger partial charge in [-0.05, 0) is 48.6 Å². The summed E-state index contributed by atoms with van der Waals surface area (Å²) in [7, 11) is -0.906. The lowest BCUT2D eigenvalue weighted by Crippen LogP contribution is -2.20. The normalized spacial score (nSPS) is 28.1. The summed E-state index contributed by atoms with van der Waals surface area (Å²) in [5, 5.41) is 8.90. The van der Waals surface area contributed by atoms with Gasteiger partial charge in [-0.3, -0.25) is 4.21 Å². The van der Waals surface area contributed by atoms with Crippen molar-refractivity contribution in [1.29, 1.82) is 5.26 Å². The average Bonchev–Trinajstić information content (AvgIpc) is 2.67. The number of nitrogens with zero attached hydrogens (tertiary/aromatic N) is 1. The second kappa shape index (κ2) is 4.99. The molecule has 3 atom stereocenters. The molecule has 0 aliphatic carbocycles. The lowest BCUT2D eigenvalue weighted by Gasteiger charge is -2.20. The fourth-order valence-corrected chi connectivity index (χ4v) is 4.83. The van der Waals surface area contributed by atoms with E-state index in [4.69, 9.17) is 5.26 Å². The van der Waals surface area contributed by atoms with Crippen LogP contribution in [0.2, 0.25) is 0 Å². The van der Waals surface area contributed by atoms with Gasteiger partial charge in [-0.1, -0.05) is 6.08 Å². The van der Waals surface area contributed by atoms with Crippen molar-refractivity contribution in [3.05, 3.63) is 41.0 Å². The molecule has 21 heavy (non-hydrogen) atoms. The molecule has 2 bridgehead atoms. The van der Waals surface area contributed by atoms with Crippen molar-refractivity contribution in [2.45, 2.75) is 35.9 Å². The number of halogens is 3. The minimum Gasteiger partial charge on any atom is -0.259 e. The zero-order valence-electron chi connectivity index (χ0n) is 11.0. The molecule has 1 fully saturated rings. The summed E-state index contributed by atoms with van der Waals surface area (Å²) >= 11 is 0. The van der Waals surface area contributed by atoms with Crippen molar-refractivity contribution in [2.24, 2.45) is 0 Å². The van der Waals surface area contributed by atoms with E-state index in [2.05, 4.69) is 0 Å². The first kappa shape index (κ1) is 14.3. The van der Waals surface area contributed by atoms with Gasteiger partial charge in [0.1, 0.15) is 0 Å². The van der Waals surface area contributed by atoms with Gasteiger partial charge >= 0.3 is 6.18 Å². The SMILES string of the molecule is N#Cc1cc(C2=CC3CCC(C2)S3=O)cc(C(F)(F)F)c1. The third-order valence-electron chi connectivity index (χ3n) is 3.99. The fourth-order valence-electron chi connectivity index (χ4n) is 2.96. The van der Waals surface area contributed by atoms with Crippen LogP contribution >= 0.6 is 0 Å². The van der Waals surface area contributed by atoms with Crippen LogP contribution in [0, 0.1) is 11.3 Å². The highest BCUT2D eigenvalue weighted by Crippen LogP contribution is 2.40. The van der Waals surface area contributed by atoms with Crippen molar-refractivity contribution in [1.82, 2.24) is 0 Å². The molecular weight excluding hydrogens is 299 g/mol. The van der Waals surface area contributed by atoms with Gasteiger partial charge in [0.2, 0.25) is 0 Å². The van der Waals surface area contributed by atoms with E-state index >= 15 is 0 Å². The first-order chi connectivity index (χ1) is 9.88. The van der Waals surface area contributed by atoms with Crippen LogP contribution in [0.3, 0.4) is 0 Å². The van der Waals surface area contributed by atoms with Crippen LogP contribution in [0.1, 0.15) is 36.0 Å². The summed E-state index contributed by atoms with van der Waals surface area (Å²) in [4.78, 5) is 0. The number of rotatable bonds is 1. The van der Waals surface area contributed by atoms with Crippen LogP contribution in [0.25, 0.3) is 5.57 Å².